The lowest BCUT2D eigenvalue weighted by Crippen LogP contribution is -1.89. The van der Waals surface area contributed by atoms with Crippen LogP contribution in [0.1, 0.15) is 25.7 Å². The van der Waals surface area contributed by atoms with Crippen molar-refractivity contribution in [2.75, 3.05) is 11.5 Å². The van der Waals surface area contributed by atoms with Crippen LogP contribution in [0.4, 0.5) is 5.69 Å². The molecule has 1 aromatic carbocycles. The highest BCUT2D eigenvalue weighted by Crippen LogP contribution is 2.28. The number of hydrogen-bond donors (Lipinski definition) is 1. The zero-order chi connectivity index (χ0) is 11.8. The van der Waals surface area contributed by atoms with Gasteiger partial charge in [0.25, 0.3) is 0 Å². The number of nitrogens with two attached hydrogens (primary N) is 1. The predicted molar refractivity (Wildman–Crippen MR) is 77.9 cm³/mol. The second-order valence-corrected chi connectivity index (χ2v) is 5.72. The molecule has 0 aromatic heterocycles. The van der Waals surface area contributed by atoms with E-state index in [1.165, 1.54) is 24.2 Å². The minimum Gasteiger partial charge on any atom is -0.398 e. The van der Waals surface area contributed by atoms with Crippen molar-refractivity contribution in [2.45, 2.75) is 30.6 Å². The average Bonchev–Trinajstić information content (AvgIpc) is 2.26. The first-order chi connectivity index (χ1) is 7.74. The molecule has 1 aromatic rings. The molecule has 0 unspecified atom stereocenters. The number of halogens is 1. The summed E-state index contributed by atoms with van der Waals surface area (Å²) in [6.45, 7) is 3.72. The fraction of sp³-hybridized carbons (Fsp3) is 0.385. The molecular formula is C13H18BrNS. The maximum atomic E-state index is 5.92. The molecule has 0 saturated heterocycles. The third-order valence-electron chi connectivity index (χ3n) is 2.28. The molecule has 88 valence electrons. The van der Waals surface area contributed by atoms with E-state index in [4.69, 9.17) is 5.73 Å². The molecule has 0 aliphatic heterocycles. The zero-order valence-electron chi connectivity index (χ0n) is 9.42. The van der Waals surface area contributed by atoms with Gasteiger partial charge in [-0.05, 0) is 43.2 Å². The third-order valence-corrected chi connectivity index (χ3v) is 3.95. The summed E-state index contributed by atoms with van der Waals surface area (Å²) >= 11 is 5.25. The maximum absolute atomic E-state index is 5.92. The lowest BCUT2D eigenvalue weighted by Gasteiger charge is -2.05. The summed E-state index contributed by atoms with van der Waals surface area (Å²) in [5.41, 5.74) is 6.79. The molecule has 0 saturated carbocycles. The molecule has 0 radical (unpaired) electrons. The normalized spacial score (nSPS) is 10.3. The number of unbranched alkanes of at least 4 members (excludes halogenated alkanes) is 3. The van der Waals surface area contributed by atoms with Gasteiger partial charge in [-0.25, -0.2) is 0 Å². The molecule has 0 fully saturated rings. The minimum absolute atomic E-state index is 0.866. The van der Waals surface area contributed by atoms with Crippen LogP contribution >= 0.6 is 27.7 Å². The van der Waals surface area contributed by atoms with Gasteiger partial charge in [0.2, 0.25) is 0 Å². The fourth-order valence-electron chi connectivity index (χ4n) is 1.40. The van der Waals surface area contributed by atoms with E-state index in [0.29, 0.717) is 0 Å². The number of rotatable bonds is 7. The highest BCUT2D eigenvalue weighted by Gasteiger charge is 2.00. The van der Waals surface area contributed by atoms with E-state index in [-0.39, 0.29) is 0 Å². The first kappa shape index (κ1) is 13.7. The Morgan fingerprint density at radius 1 is 1.31 bits per heavy atom. The highest BCUT2D eigenvalue weighted by molar-refractivity contribution is 9.10. The zero-order valence-corrected chi connectivity index (χ0v) is 11.8. The Balaban J connectivity index is 2.24. The van der Waals surface area contributed by atoms with E-state index < -0.39 is 0 Å². The number of allylic oxidation sites excluding steroid dienone is 1. The Morgan fingerprint density at radius 2 is 2.12 bits per heavy atom. The Morgan fingerprint density at radius 3 is 2.81 bits per heavy atom. The van der Waals surface area contributed by atoms with Gasteiger partial charge < -0.3 is 5.73 Å². The molecule has 16 heavy (non-hydrogen) atoms. The Labute approximate surface area is 111 Å². The molecule has 0 aliphatic rings. The number of anilines is 1. The van der Waals surface area contributed by atoms with Crippen LogP contribution in [-0.4, -0.2) is 5.75 Å². The largest absolute Gasteiger partial charge is 0.398 e. The van der Waals surface area contributed by atoms with E-state index in [0.717, 1.165) is 22.3 Å². The van der Waals surface area contributed by atoms with Crippen molar-refractivity contribution in [3.8, 4) is 0 Å². The quantitative estimate of drug-likeness (QED) is 0.336. The fourth-order valence-corrected chi connectivity index (χ4v) is 2.74. The summed E-state index contributed by atoms with van der Waals surface area (Å²) in [4.78, 5) is 1.19. The van der Waals surface area contributed by atoms with Gasteiger partial charge in [-0.1, -0.05) is 28.4 Å². The SMILES string of the molecule is C=CCCCCCSc1ccc(Br)cc1N. The number of hydrogen-bond acceptors (Lipinski definition) is 2. The second-order valence-electron chi connectivity index (χ2n) is 3.67. The number of benzene rings is 1. The van der Waals surface area contributed by atoms with E-state index in [9.17, 15) is 0 Å². The second kappa shape index (κ2) is 7.80. The van der Waals surface area contributed by atoms with Crippen LogP contribution in [0.5, 0.6) is 0 Å². The summed E-state index contributed by atoms with van der Waals surface area (Å²) in [6.07, 6.45) is 6.88. The van der Waals surface area contributed by atoms with Gasteiger partial charge in [0, 0.05) is 15.1 Å². The standard InChI is InChI=1S/C13H18BrNS/c1-2-3-4-5-6-9-16-13-8-7-11(14)10-12(13)15/h2,7-8,10H,1,3-6,9,15H2. The van der Waals surface area contributed by atoms with Crippen LogP contribution in [-0.2, 0) is 0 Å². The number of thioether (sulfide) groups is 1. The van der Waals surface area contributed by atoms with Gasteiger partial charge >= 0.3 is 0 Å². The van der Waals surface area contributed by atoms with Crippen LogP contribution in [0.15, 0.2) is 40.2 Å². The molecule has 1 nitrogen and oxygen atoms in total. The van der Waals surface area contributed by atoms with Gasteiger partial charge in [0.05, 0.1) is 0 Å². The van der Waals surface area contributed by atoms with Gasteiger partial charge in [0.1, 0.15) is 0 Å². The molecule has 3 heteroatoms. The van der Waals surface area contributed by atoms with Crippen molar-refractivity contribution in [3.05, 3.63) is 35.3 Å². The monoisotopic (exact) mass is 299 g/mol. The maximum Gasteiger partial charge on any atom is 0.0463 e. The predicted octanol–water partition coefficient (Wildman–Crippen LogP) is 4.87. The molecule has 0 heterocycles. The summed E-state index contributed by atoms with van der Waals surface area (Å²) in [6, 6.07) is 6.07. The van der Waals surface area contributed by atoms with Crippen molar-refractivity contribution >= 4 is 33.4 Å². The lowest BCUT2D eigenvalue weighted by molar-refractivity contribution is 0.735. The smallest absolute Gasteiger partial charge is 0.0463 e. The van der Waals surface area contributed by atoms with Crippen molar-refractivity contribution in [1.29, 1.82) is 0 Å². The van der Waals surface area contributed by atoms with Crippen LogP contribution in [0.2, 0.25) is 0 Å². The van der Waals surface area contributed by atoms with Gasteiger partial charge in [0.15, 0.2) is 0 Å². The van der Waals surface area contributed by atoms with E-state index in [1.807, 2.05) is 30.0 Å². The van der Waals surface area contributed by atoms with Gasteiger partial charge in [-0.15, -0.1) is 18.3 Å². The molecule has 0 aliphatic carbocycles. The number of nitrogen functional groups attached to an aromatic ring is 1. The molecule has 2 N–H and O–H groups in total. The molecule has 1 rings (SSSR count). The van der Waals surface area contributed by atoms with Crippen molar-refractivity contribution in [1.82, 2.24) is 0 Å². The van der Waals surface area contributed by atoms with E-state index >= 15 is 0 Å². The van der Waals surface area contributed by atoms with Gasteiger partial charge in [-0.2, -0.15) is 0 Å². The Bertz CT molecular complexity index is 339. The van der Waals surface area contributed by atoms with E-state index in [1.54, 1.807) is 0 Å². The summed E-state index contributed by atoms with van der Waals surface area (Å²) in [5, 5.41) is 0. The summed E-state index contributed by atoms with van der Waals surface area (Å²) in [5.74, 6) is 1.14. The van der Waals surface area contributed by atoms with Crippen molar-refractivity contribution in [2.24, 2.45) is 0 Å². The van der Waals surface area contributed by atoms with Gasteiger partial charge in [-0.3, -0.25) is 0 Å². The molecule has 0 atom stereocenters. The minimum atomic E-state index is 0.866. The average molecular weight is 300 g/mol. The first-order valence-corrected chi connectivity index (χ1v) is 7.30. The van der Waals surface area contributed by atoms with Crippen molar-refractivity contribution < 1.29 is 0 Å². The lowest BCUT2D eigenvalue weighted by atomic mass is 10.2. The van der Waals surface area contributed by atoms with Crippen LogP contribution in [0, 0.1) is 0 Å². The Kier molecular flexibility index (Phi) is 6.65. The summed E-state index contributed by atoms with van der Waals surface area (Å²) < 4.78 is 1.04. The molecular weight excluding hydrogens is 282 g/mol. The molecule has 0 bridgehead atoms. The van der Waals surface area contributed by atoms with Crippen LogP contribution in [0.3, 0.4) is 0 Å². The molecule has 0 spiro atoms. The summed E-state index contributed by atoms with van der Waals surface area (Å²) in [7, 11) is 0. The first-order valence-electron chi connectivity index (χ1n) is 5.52. The molecule has 0 amide bonds. The topological polar surface area (TPSA) is 26.0 Å². The van der Waals surface area contributed by atoms with Crippen LogP contribution in [0.25, 0.3) is 0 Å². The highest BCUT2D eigenvalue weighted by atomic mass is 79.9. The third kappa shape index (κ3) is 5.08. The van der Waals surface area contributed by atoms with Crippen LogP contribution < -0.4 is 5.73 Å². The van der Waals surface area contributed by atoms with E-state index in [2.05, 4.69) is 28.6 Å². The van der Waals surface area contributed by atoms with Crippen molar-refractivity contribution in [3.63, 3.8) is 0 Å². The Hall–Kier alpha value is -0.410.